The summed E-state index contributed by atoms with van der Waals surface area (Å²) < 4.78 is 1.21. The molecular weight excluding hydrogens is 450 g/mol. The summed E-state index contributed by atoms with van der Waals surface area (Å²) in [5, 5.41) is 12.8. The van der Waals surface area contributed by atoms with Gasteiger partial charge in [0.15, 0.2) is 5.13 Å². The van der Waals surface area contributed by atoms with E-state index in [1.165, 1.54) is 21.9 Å². The summed E-state index contributed by atoms with van der Waals surface area (Å²) in [7, 11) is 0. The van der Waals surface area contributed by atoms with E-state index in [4.69, 9.17) is 4.98 Å². The number of nitrogens with zero attached hydrogens (tertiary/aromatic N) is 5. The molecule has 0 aliphatic carbocycles. The highest BCUT2D eigenvalue weighted by Crippen LogP contribution is 2.34. The van der Waals surface area contributed by atoms with Crippen LogP contribution < -0.4 is 9.80 Å². The quantitative estimate of drug-likeness (QED) is 0.396. The predicted molar refractivity (Wildman–Crippen MR) is 136 cm³/mol. The number of fused-ring (bicyclic) bond motifs is 1. The number of carbonyl (C=O) groups is 1. The summed E-state index contributed by atoms with van der Waals surface area (Å²) in [5.41, 5.74) is 4.49. The second-order valence-corrected chi connectivity index (χ2v) is 10.2. The summed E-state index contributed by atoms with van der Waals surface area (Å²) in [6.07, 6.45) is 3.23. The van der Waals surface area contributed by atoms with Gasteiger partial charge in [-0.3, -0.25) is 14.9 Å². The molecule has 9 heteroatoms. The molecule has 178 valence electrons. The van der Waals surface area contributed by atoms with Crippen LogP contribution in [0.15, 0.2) is 30.3 Å². The van der Waals surface area contributed by atoms with Crippen molar-refractivity contribution in [2.45, 2.75) is 33.1 Å². The molecule has 2 aliphatic rings. The van der Waals surface area contributed by atoms with Crippen LogP contribution in [0, 0.1) is 24.0 Å². The molecule has 0 unspecified atom stereocenters. The van der Waals surface area contributed by atoms with Crippen molar-refractivity contribution in [3.63, 3.8) is 0 Å². The smallest absolute Gasteiger partial charge is 0.293 e. The number of piperidine rings is 1. The average Bonchev–Trinajstić information content (AvgIpc) is 3.28. The number of benzene rings is 2. The molecule has 3 aromatic rings. The van der Waals surface area contributed by atoms with Gasteiger partial charge in [-0.2, -0.15) is 0 Å². The van der Waals surface area contributed by atoms with E-state index < -0.39 is 0 Å². The molecule has 0 saturated carbocycles. The molecule has 0 atom stereocenters. The number of thiazole rings is 1. The Morgan fingerprint density at radius 2 is 1.71 bits per heavy atom. The molecule has 2 aromatic carbocycles. The second-order valence-electron chi connectivity index (χ2n) is 9.21. The molecule has 0 bridgehead atoms. The highest BCUT2D eigenvalue weighted by atomic mass is 32.1. The average molecular weight is 480 g/mol. The zero-order valence-electron chi connectivity index (χ0n) is 19.6. The molecule has 2 fully saturated rings. The number of hydrogen-bond donors (Lipinski definition) is 0. The number of amides is 1. The zero-order valence-corrected chi connectivity index (χ0v) is 20.4. The number of piperazine rings is 1. The first-order valence-corrected chi connectivity index (χ1v) is 12.7. The number of carbonyl (C=O) groups excluding carboxylic acids is 1. The maximum atomic E-state index is 13.2. The Bertz CT molecular complexity index is 1240. The van der Waals surface area contributed by atoms with E-state index in [0.717, 1.165) is 43.0 Å². The van der Waals surface area contributed by atoms with E-state index in [1.807, 2.05) is 0 Å². The number of nitro benzene ring substituents is 1. The number of rotatable bonds is 4. The maximum absolute atomic E-state index is 13.2. The summed E-state index contributed by atoms with van der Waals surface area (Å²) in [6.45, 7) is 8.35. The summed E-state index contributed by atoms with van der Waals surface area (Å²) in [4.78, 5) is 35.5. The molecular formula is C25H29N5O3S. The monoisotopic (exact) mass is 479 g/mol. The first kappa shape index (κ1) is 22.6. The van der Waals surface area contributed by atoms with Crippen molar-refractivity contribution in [3.8, 4) is 0 Å². The molecule has 5 rings (SSSR count). The van der Waals surface area contributed by atoms with E-state index in [9.17, 15) is 14.9 Å². The molecule has 0 N–H and O–H groups in total. The normalized spacial score (nSPS) is 16.8. The Morgan fingerprint density at radius 1 is 0.971 bits per heavy atom. The molecule has 3 heterocycles. The van der Waals surface area contributed by atoms with Crippen LogP contribution in [-0.2, 0) is 0 Å². The Morgan fingerprint density at radius 3 is 2.41 bits per heavy atom. The van der Waals surface area contributed by atoms with Crippen molar-refractivity contribution in [1.82, 2.24) is 9.88 Å². The van der Waals surface area contributed by atoms with Gasteiger partial charge in [0, 0.05) is 50.9 Å². The Balaban J connectivity index is 1.29. The van der Waals surface area contributed by atoms with E-state index in [2.05, 4.69) is 35.8 Å². The fourth-order valence-electron chi connectivity index (χ4n) is 4.99. The third-order valence-corrected chi connectivity index (χ3v) is 8.03. The van der Waals surface area contributed by atoms with Crippen molar-refractivity contribution in [2.75, 3.05) is 49.1 Å². The fourth-order valence-corrected chi connectivity index (χ4v) is 6.06. The van der Waals surface area contributed by atoms with Crippen LogP contribution in [0.4, 0.5) is 16.5 Å². The van der Waals surface area contributed by atoms with Gasteiger partial charge in [0.25, 0.3) is 11.6 Å². The van der Waals surface area contributed by atoms with Gasteiger partial charge >= 0.3 is 0 Å². The van der Waals surface area contributed by atoms with Crippen molar-refractivity contribution < 1.29 is 9.72 Å². The lowest BCUT2D eigenvalue weighted by Gasteiger charge is -2.34. The molecule has 0 spiro atoms. The van der Waals surface area contributed by atoms with Crippen molar-refractivity contribution in [1.29, 1.82) is 0 Å². The first-order valence-electron chi connectivity index (χ1n) is 11.9. The van der Waals surface area contributed by atoms with Gasteiger partial charge in [0.1, 0.15) is 5.69 Å². The fraction of sp³-hybridized carbons (Fsp3) is 0.440. The molecule has 2 saturated heterocycles. The molecule has 8 nitrogen and oxygen atoms in total. The Kier molecular flexibility index (Phi) is 6.12. The van der Waals surface area contributed by atoms with Gasteiger partial charge in [0.05, 0.1) is 15.1 Å². The standard InChI is InChI=1S/C25H29N5O3S/c1-17-14-18(2)23-20(15-17)26-25(34-23)29-12-10-28(11-13-29)24(31)19-6-7-21(22(16-19)30(32)33)27-8-4-3-5-9-27/h6-7,14-16H,3-5,8-13H2,1-2H3. The summed E-state index contributed by atoms with van der Waals surface area (Å²) in [6, 6.07) is 9.24. The van der Waals surface area contributed by atoms with E-state index in [0.29, 0.717) is 37.4 Å². The number of anilines is 2. The predicted octanol–water partition coefficient (Wildman–Crippen LogP) is 4.77. The largest absolute Gasteiger partial charge is 0.366 e. The van der Waals surface area contributed by atoms with Crippen molar-refractivity contribution in [2.24, 2.45) is 0 Å². The van der Waals surface area contributed by atoms with Gasteiger partial charge in [-0.25, -0.2) is 4.98 Å². The highest BCUT2D eigenvalue weighted by molar-refractivity contribution is 7.22. The van der Waals surface area contributed by atoms with Crippen LogP contribution in [-0.4, -0.2) is 60.0 Å². The van der Waals surface area contributed by atoms with Gasteiger partial charge in [-0.1, -0.05) is 17.4 Å². The first-order chi connectivity index (χ1) is 16.4. The lowest BCUT2D eigenvalue weighted by Crippen LogP contribution is -2.48. The zero-order chi connectivity index (χ0) is 23.8. The minimum Gasteiger partial charge on any atom is -0.366 e. The number of nitro groups is 1. The Labute approximate surface area is 202 Å². The van der Waals surface area contributed by atoms with Gasteiger partial charge in [-0.15, -0.1) is 0 Å². The third kappa shape index (κ3) is 4.32. The van der Waals surface area contributed by atoms with Crippen LogP contribution in [0.2, 0.25) is 0 Å². The van der Waals surface area contributed by atoms with Gasteiger partial charge in [-0.05, 0) is 62.4 Å². The lowest BCUT2D eigenvalue weighted by molar-refractivity contribution is -0.384. The van der Waals surface area contributed by atoms with Crippen LogP contribution in [0.1, 0.15) is 40.7 Å². The number of hydrogen-bond acceptors (Lipinski definition) is 7. The van der Waals surface area contributed by atoms with Gasteiger partial charge < -0.3 is 14.7 Å². The molecule has 1 aromatic heterocycles. The van der Waals surface area contributed by atoms with E-state index >= 15 is 0 Å². The van der Waals surface area contributed by atoms with Crippen LogP contribution in [0.25, 0.3) is 10.2 Å². The summed E-state index contributed by atoms with van der Waals surface area (Å²) in [5.74, 6) is -0.149. The lowest BCUT2D eigenvalue weighted by atomic mass is 10.1. The molecule has 1 amide bonds. The molecule has 2 aliphatic heterocycles. The third-order valence-electron chi connectivity index (χ3n) is 6.76. The van der Waals surface area contributed by atoms with E-state index in [-0.39, 0.29) is 16.5 Å². The number of aryl methyl sites for hydroxylation is 2. The minimum absolute atomic E-state index is 0.0199. The SMILES string of the molecule is Cc1cc(C)c2sc(N3CCN(C(=O)c4ccc(N5CCCCC5)c([N+](=O)[O-])c4)CC3)nc2c1. The van der Waals surface area contributed by atoms with Crippen LogP contribution in [0.3, 0.4) is 0 Å². The van der Waals surface area contributed by atoms with E-state index in [1.54, 1.807) is 28.4 Å². The second kappa shape index (κ2) is 9.21. The molecule has 34 heavy (non-hydrogen) atoms. The van der Waals surface area contributed by atoms with Crippen LogP contribution in [0.5, 0.6) is 0 Å². The highest BCUT2D eigenvalue weighted by Gasteiger charge is 2.27. The van der Waals surface area contributed by atoms with Crippen molar-refractivity contribution >= 4 is 44.0 Å². The van der Waals surface area contributed by atoms with Crippen LogP contribution >= 0.6 is 11.3 Å². The summed E-state index contributed by atoms with van der Waals surface area (Å²) >= 11 is 1.70. The Hall–Kier alpha value is -3.20. The minimum atomic E-state index is -0.366. The topological polar surface area (TPSA) is 82.8 Å². The maximum Gasteiger partial charge on any atom is 0.293 e. The molecule has 0 radical (unpaired) electrons. The number of aromatic nitrogens is 1. The van der Waals surface area contributed by atoms with Crippen molar-refractivity contribution in [3.05, 3.63) is 57.1 Å². The van der Waals surface area contributed by atoms with Gasteiger partial charge in [0.2, 0.25) is 0 Å².